The van der Waals surface area contributed by atoms with Crippen LogP contribution in [0.3, 0.4) is 0 Å². The lowest BCUT2D eigenvalue weighted by atomic mass is 9.96. The molecule has 3 heterocycles. The number of hydrogen-bond acceptors (Lipinski definition) is 3. The highest BCUT2D eigenvalue weighted by atomic mass is 32.1. The molecule has 2 saturated heterocycles. The van der Waals surface area contributed by atoms with Crippen molar-refractivity contribution < 1.29 is 0 Å². The van der Waals surface area contributed by atoms with Gasteiger partial charge in [0.25, 0.3) is 0 Å². The van der Waals surface area contributed by atoms with E-state index in [-0.39, 0.29) is 11.7 Å². The zero-order chi connectivity index (χ0) is 23.3. The Bertz CT molecular complexity index is 1010. The average Bonchev–Trinajstić information content (AvgIpc) is 3.16. The first-order valence-corrected chi connectivity index (χ1v) is 14.1. The zero-order valence-corrected chi connectivity index (χ0v) is 21.4. The van der Waals surface area contributed by atoms with Gasteiger partial charge < -0.3 is 15.1 Å². The van der Waals surface area contributed by atoms with Gasteiger partial charge >= 0.3 is 5.69 Å². The highest BCUT2D eigenvalue weighted by Gasteiger charge is 2.27. The maximum atomic E-state index is 13.6. The number of fused-ring (bicyclic) bond motifs is 1. The lowest BCUT2D eigenvalue weighted by Crippen LogP contribution is -2.48. The summed E-state index contributed by atoms with van der Waals surface area (Å²) in [5.41, 5.74) is 2.34. The Labute approximate surface area is 209 Å². The zero-order valence-electron chi connectivity index (χ0n) is 20.6. The predicted octanol–water partition coefficient (Wildman–Crippen LogP) is 4.52. The van der Waals surface area contributed by atoms with E-state index in [0.29, 0.717) is 6.04 Å². The van der Waals surface area contributed by atoms with E-state index in [4.69, 9.17) is 12.2 Å². The Hall–Kier alpha value is -1.86. The van der Waals surface area contributed by atoms with E-state index in [1.807, 2.05) is 4.57 Å². The molecule has 6 nitrogen and oxygen atoms in total. The minimum Gasteiger partial charge on any atom is -0.360 e. The van der Waals surface area contributed by atoms with Crippen LogP contribution in [-0.4, -0.2) is 62.8 Å². The van der Waals surface area contributed by atoms with E-state index >= 15 is 0 Å². The number of thiocarbonyl (C=S) groups is 1. The maximum absolute atomic E-state index is 13.6. The molecule has 7 heteroatoms. The van der Waals surface area contributed by atoms with Gasteiger partial charge in [-0.15, -0.1) is 0 Å². The summed E-state index contributed by atoms with van der Waals surface area (Å²) in [5.74, 6) is 0. The molecule has 3 fully saturated rings. The van der Waals surface area contributed by atoms with Crippen LogP contribution in [0.1, 0.15) is 76.7 Å². The normalized spacial score (nSPS) is 21.2. The maximum Gasteiger partial charge on any atom is 0.329 e. The van der Waals surface area contributed by atoms with Gasteiger partial charge in [-0.2, -0.15) is 0 Å². The fourth-order valence-electron chi connectivity index (χ4n) is 6.28. The highest BCUT2D eigenvalue weighted by Crippen LogP contribution is 2.26. The van der Waals surface area contributed by atoms with Crippen molar-refractivity contribution >= 4 is 28.4 Å². The molecule has 3 aliphatic rings. The second-order valence-electron chi connectivity index (χ2n) is 10.6. The molecule has 0 atom stereocenters. The molecule has 2 aliphatic heterocycles. The molecule has 1 saturated carbocycles. The van der Waals surface area contributed by atoms with Gasteiger partial charge in [0.1, 0.15) is 0 Å². The fourth-order valence-corrected chi connectivity index (χ4v) is 6.63. The number of para-hydroxylation sites is 2. The fraction of sp³-hybridized carbons (Fsp3) is 0.704. The van der Waals surface area contributed by atoms with E-state index in [0.717, 1.165) is 61.6 Å². The minimum atomic E-state index is 0.168. The number of imidazole rings is 1. The van der Waals surface area contributed by atoms with E-state index < -0.39 is 0 Å². The quantitative estimate of drug-likeness (QED) is 0.612. The number of aryl methyl sites for hydroxylation is 1. The van der Waals surface area contributed by atoms with Gasteiger partial charge in [0.2, 0.25) is 0 Å². The standard InChI is InChI=1S/C27H41N5OS/c33-27-31(19-9-18-29-16-7-2-8-17-29)24-12-5-6-13-25(24)32(27)23-14-20-30(21-15-23)26(34)28-22-10-3-1-4-11-22/h5-6,12-13,22-23H,1-4,7-11,14-21H2,(H,28,34). The number of nitrogens with zero attached hydrogens (tertiary/aromatic N) is 4. The Morgan fingerprint density at radius 1 is 0.853 bits per heavy atom. The first-order valence-electron chi connectivity index (χ1n) is 13.7. The summed E-state index contributed by atoms with van der Waals surface area (Å²) in [4.78, 5) is 18.5. The van der Waals surface area contributed by atoms with Crippen LogP contribution >= 0.6 is 12.2 Å². The number of hydrogen-bond donors (Lipinski definition) is 1. The van der Waals surface area contributed by atoms with Crippen molar-refractivity contribution in [2.75, 3.05) is 32.7 Å². The third-order valence-corrected chi connectivity index (χ3v) is 8.60. The lowest BCUT2D eigenvalue weighted by Gasteiger charge is -2.36. The molecule has 1 N–H and O–H groups in total. The van der Waals surface area contributed by atoms with Gasteiger partial charge in [-0.05, 0) is 88.9 Å². The second kappa shape index (κ2) is 11.3. The molecule has 1 aromatic carbocycles. The highest BCUT2D eigenvalue weighted by molar-refractivity contribution is 7.80. The third-order valence-electron chi connectivity index (χ3n) is 8.22. The molecule has 0 unspecified atom stereocenters. The number of benzene rings is 1. The number of nitrogens with one attached hydrogen (secondary N) is 1. The second-order valence-corrected chi connectivity index (χ2v) is 10.9. The van der Waals surface area contributed by atoms with E-state index in [9.17, 15) is 4.79 Å². The number of rotatable bonds is 6. The summed E-state index contributed by atoms with van der Waals surface area (Å²) in [7, 11) is 0. The molecular formula is C27H41N5OS. The van der Waals surface area contributed by atoms with Crippen LogP contribution in [0.2, 0.25) is 0 Å². The minimum absolute atomic E-state index is 0.168. The van der Waals surface area contributed by atoms with Crippen LogP contribution in [0.5, 0.6) is 0 Å². The van der Waals surface area contributed by atoms with Gasteiger partial charge in [-0.25, -0.2) is 4.79 Å². The molecule has 1 aliphatic carbocycles. The topological polar surface area (TPSA) is 45.4 Å². The van der Waals surface area contributed by atoms with Crippen molar-refractivity contribution in [1.29, 1.82) is 0 Å². The molecule has 1 aromatic heterocycles. The van der Waals surface area contributed by atoms with E-state index in [2.05, 4.69) is 43.9 Å². The monoisotopic (exact) mass is 483 g/mol. The summed E-state index contributed by atoms with van der Waals surface area (Å²) in [5, 5.41) is 4.53. The van der Waals surface area contributed by atoms with Gasteiger partial charge in [0.05, 0.1) is 11.0 Å². The predicted molar refractivity (Wildman–Crippen MR) is 144 cm³/mol. The summed E-state index contributed by atoms with van der Waals surface area (Å²) < 4.78 is 4.12. The van der Waals surface area contributed by atoms with Gasteiger partial charge in [0, 0.05) is 31.7 Å². The number of aromatic nitrogens is 2. The lowest BCUT2D eigenvalue weighted by molar-refractivity contribution is 0.222. The van der Waals surface area contributed by atoms with Crippen LogP contribution < -0.4 is 11.0 Å². The first-order chi connectivity index (χ1) is 16.7. The van der Waals surface area contributed by atoms with Crippen molar-refractivity contribution in [2.45, 2.75) is 89.3 Å². The Morgan fingerprint density at radius 2 is 1.53 bits per heavy atom. The molecule has 0 radical (unpaired) electrons. The average molecular weight is 484 g/mol. The van der Waals surface area contributed by atoms with E-state index in [1.54, 1.807) is 0 Å². The van der Waals surface area contributed by atoms with E-state index in [1.165, 1.54) is 64.5 Å². The Kier molecular flexibility index (Phi) is 7.90. The molecule has 0 spiro atoms. The molecular weight excluding hydrogens is 442 g/mol. The van der Waals surface area contributed by atoms with Crippen molar-refractivity contribution in [3.63, 3.8) is 0 Å². The van der Waals surface area contributed by atoms with Crippen molar-refractivity contribution in [1.82, 2.24) is 24.3 Å². The van der Waals surface area contributed by atoms with Crippen LogP contribution in [0, 0.1) is 0 Å². The molecule has 0 amide bonds. The van der Waals surface area contributed by atoms with Crippen molar-refractivity contribution in [3.8, 4) is 0 Å². The SMILES string of the molecule is O=c1n(CCCN2CCCCC2)c2ccccc2n1C1CCN(C(=S)NC2CCCCC2)CC1. The van der Waals surface area contributed by atoms with Crippen LogP contribution in [0.4, 0.5) is 0 Å². The van der Waals surface area contributed by atoms with Crippen molar-refractivity contribution in [3.05, 3.63) is 34.7 Å². The summed E-state index contributed by atoms with van der Waals surface area (Å²) >= 11 is 5.76. The summed E-state index contributed by atoms with van der Waals surface area (Å²) in [6.07, 6.45) is 13.4. The van der Waals surface area contributed by atoms with Crippen LogP contribution in [-0.2, 0) is 6.54 Å². The molecule has 34 heavy (non-hydrogen) atoms. The summed E-state index contributed by atoms with van der Waals surface area (Å²) in [6, 6.07) is 9.16. The largest absolute Gasteiger partial charge is 0.360 e. The smallest absolute Gasteiger partial charge is 0.329 e. The first kappa shape index (κ1) is 23.9. The van der Waals surface area contributed by atoms with Gasteiger partial charge in [-0.1, -0.05) is 37.8 Å². The number of piperidine rings is 2. The number of likely N-dealkylation sites (tertiary alicyclic amines) is 2. The third kappa shape index (κ3) is 5.35. The van der Waals surface area contributed by atoms with Gasteiger partial charge in [-0.3, -0.25) is 9.13 Å². The summed E-state index contributed by atoms with van der Waals surface area (Å²) in [6.45, 7) is 6.17. The van der Waals surface area contributed by atoms with Gasteiger partial charge in [0.15, 0.2) is 5.11 Å². The van der Waals surface area contributed by atoms with Crippen LogP contribution in [0.15, 0.2) is 29.1 Å². The molecule has 186 valence electrons. The molecule has 2 aromatic rings. The molecule has 0 bridgehead atoms. The van der Waals surface area contributed by atoms with Crippen molar-refractivity contribution in [2.24, 2.45) is 0 Å². The molecule has 5 rings (SSSR count). The van der Waals surface area contributed by atoms with Crippen LogP contribution in [0.25, 0.3) is 11.0 Å². The Balaban J connectivity index is 1.23. The Morgan fingerprint density at radius 3 is 2.26 bits per heavy atom.